The van der Waals surface area contributed by atoms with E-state index in [-0.39, 0.29) is 17.6 Å². The number of hydrogen-bond acceptors (Lipinski definition) is 7. The third-order valence-electron chi connectivity index (χ3n) is 5.94. The third-order valence-corrected chi connectivity index (χ3v) is 6.99. The molecule has 0 radical (unpaired) electrons. The van der Waals surface area contributed by atoms with Gasteiger partial charge in [-0.3, -0.25) is 14.3 Å². The summed E-state index contributed by atoms with van der Waals surface area (Å²) in [6.45, 7) is 3.77. The first kappa shape index (κ1) is 20.1. The molecule has 1 amide bonds. The molecule has 31 heavy (non-hydrogen) atoms. The summed E-state index contributed by atoms with van der Waals surface area (Å²) < 4.78 is 12.7. The zero-order chi connectivity index (χ0) is 21.4. The Balaban J connectivity index is 1.45. The van der Waals surface area contributed by atoms with Crippen LogP contribution in [0.2, 0.25) is 0 Å². The lowest BCUT2D eigenvalue weighted by molar-refractivity contribution is 0.0679. The first-order chi connectivity index (χ1) is 15.1. The van der Waals surface area contributed by atoms with Crippen LogP contribution in [0.4, 0.5) is 4.79 Å². The Morgan fingerprint density at radius 3 is 2.71 bits per heavy atom. The quantitative estimate of drug-likeness (QED) is 0.615. The highest BCUT2D eigenvalue weighted by Crippen LogP contribution is 2.36. The maximum atomic E-state index is 13.3. The lowest BCUT2D eigenvalue weighted by Gasteiger charge is -2.25. The highest BCUT2D eigenvalue weighted by atomic mass is 32.1. The van der Waals surface area contributed by atoms with Gasteiger partial charge in [0, 0.05) is 25.8 Å². The maximum Gasteiger partial charge on any atom is 0.415 e. The Hall–Kier alpha value is -2.78. The third kappa shape index (κ3) is 3.83. The van der Waals surface area contributed by atoms with Gasteiger partial charge in [0.2, 0.25) is 0 Å². The van der Waals surface area contributed by atoms with Gasteiger partial charge in [0.25, 0.3) is 5.56 Å². The number of carbonyl (C=O) groups is 1. The lowest BCUT2D eigenvalue weighted by Crippen LogP contribution is -2.33. The van der Waals surface area contributed by atoms with Gasteiger partial charge < -0.3 is 9.47 Å². The lowest BCUT2D eigenvalue weighted by atomic mass is 10.1. The second-order valence-electron chi connectivity index (χ2n) is 7.92. The standard InChI is InChI=1S/C22H24N4O4S/c1-14-23-20-18(21(27)26(14)15-9-12-29-13-10-15)24-19(31-20)17-8-5-11-25(17)22(28)30-16-6-3-2-4-7-16/h2-4,6-7,15,17H,5,8-13H2,1H3/t17-/m1/s1. The van der Waals surface area contributed by atoms with E-state index in [1.54, 1.807) is 21.6 Å². The number of rotatable bonds is 3. The summed E-state index contributed by atoms with van der Waals surface area (Å²) >= 11 is 1.40. The number of benzene rings is 1. The molecule has 0 spiro atoms. The smallest absolute Gasteiger partial charge is 0.410 e. The Labute approximate surface area is 183 Å². The van der Waals surface area contributed by atoms with E-state index < -0.39 is 6.09 Å². The molecule has 4 heterocycles. The van der Waals surface area contributed by atoms with Gasteiger partial charge in [0.1, 0.15) is 16.6 Å². The molecule has 0 unspecified atom stereocenters. The Morgan fingerprint density at radius 1 is 1.16 bits per heavy atom. The number of fused-ring (bicyclic) bond motifs is 1. The number of amides is 1. The second kappa shape index (κ2) is 8.39. The fraction of sp³-hybridized carbons (Fsp3) is 0.455. The van der Waals surface area contributed by atoms with E-state index in [1.165, 1.54) is 11.3 Å². The van der Waals surface area contributed by atoms with Crippen molar-refractivity contribution in [1.29, 1.82) is 0 Å². The number of hydrogen-bond donors (Lipinski definition) is 0. The average molecular weight is 441 g/mol. The molecule has 9 heteroatoms. The van der Waals surface area contributed by atoms with Crippen LogP contribution in [0.5, 0.6) is 5.75 Å². The molecule has 8 nitrogen and oxygen atoms in total. The molecule has 0 saturated carbocycles. The first-order valence-electron chi connectivity index (χ1n) is 10.6. The summed E-state index contributed by atoms with van der Waals surface area (Å²) in [6.07, 6.45) is 2.86. The topological polar surface area (TPSA) is 86.6 Å². The van der Waals surface area contributed by atoms with Crippen LogP contribution in [0.15, 0.2) is 35.1 Å². The van der Waals surface area contributed by atoms with Crippen LogP contribution < -0.4 is 10.3 Å². The molecule has 2 aliphatic rings. The van der Waals surface area contributed by atoms with E-state index in [9.17, 15) is 9.59 Å². The SMILES string of the molecule is Cc1nc2sc([C@H]3CCCN3C(=O)Oc3ccccc3)nc2c(=O)n1C1CCOCC1. The minimum Gasteiger partial charge on any atom is -0.410 e. The van der Waals surface area contributed by atoms with E-state index in [1.807, 2.05) is 25.1 Å². The number of carbonyl (C=O) groups excluding carboxylic acids is 1. The number of para-hydroxylation sites is 1. The van der Waals surface area contributed by atoms with Gasteiger partial charge in [-0.25, -0.2) is 14.8 Å². The van der Waals surface area contributed by atoms with Crippen molar-refractivity contribution < 1.29 is 14.3 Å². The molecule has 2 aliphatic heterocycles. The molecular formula is C22H24N4O4S. The minimum atomic E-state index is -0.392. The average Bonchev–Trinajstić information content (AvgIpc) is 3.42. The van der Waals surface area contributed by atoms with Gasteiger partial charge in [-0.05, 0) is 44.7 Å². The van der Waals surface area contributed by atoms with Crippen molar-refractivity contribution in [3.63, 3.8) is 0 Å². The molecule has 2 fully saturated rings. The second-order valence-corrected chi connectivity index (χ2v) is 8.93. The fourth-order valence-corrected chi connectivity index (χ4v) is 5.53. The summed E-state index contributed by atoms with van der Waals surface area (Å²) in [6, 6.07) is 8.93. The van der Waals surface area contributed by atoms with E-state index in [2.05, 4.69) is 9.97 Å². The van der Waals surface area contributed by atoms with Crippen molar-refractivity contribution in [1.82, 2.24) is 19.4 Å². The summed E-state index contributed by atoms with van der Waals surface area (Å²) in [7, 11) is 0. The van der Waals surface area contributed by atoms with Gasteiger partial charge in [-0.2, -0.15) is 0 Å². The molecule has 1 atom stereocenters. The van der Waals surface area contributed by atoms with Crippen molar-refractivity contribution in [3.8, 4) is 5.75 Å². The van der Waals surface area contributed by atoms with Gasteiger partial charge >= 0.3 is 6.09 Å². The van der Waals surface area contributed by atoms with E-state index >= 15 is 0 Å². The molecule has 1 aromatic carbocycles. The van der Waals surface area contributed by atoms with Crippen LogP contribution >= 0.6 is 11.3 Å². The number of thiazole rings is 1. The summed E-state index contributed by atoms with van der Waals surface area (Å²) in [5.41, 5.74) is 0.286. The predicted octanol–water partition coefficient (Wildman–Crippen LogP) is 3.85. The zero-order valence-electron chi connectivity index (χ0n) is 17.3. The molecule has 162 valence electrons. The maximum absolute atomic E-state index is 13.3. The molecule has 2 saturated heterocycles. The Bertz CT molecular complexity index is 1150. The van der Waals surface area contributed by atoms with E-state index in [0.29, 0.717) is 41.7 Å². The monoisotopic (exact) mass is 440 g/mol. The fourth-order valence-electron chi connectivity index (χ4n) is 4.41. The largest absolute Gasteiger partial charge is 0.415 e. The first-order valence-corrected chi connectivity index (χ1v) is 11.4. The van der Waals surface area contributed by atoms with Crippen molar-refractivity contribution in [3.05, 3.63) is 51.5 Å². The highest BCUT2D eigenvalue weighted by Gasteiger charge is 2.34. The highest BCUT2D eigenvalue weighted by molar-refractivity contribution is 7.18. The van der Waals surface area contributed by atoms with Crippen LogP contribution in [-0.4, -0.2) is 45.3 Å². The Morgan fingerprint density at radius 2 is 1.94 bits per heavy atom. The van der Waals surface area contributed by atoms with Gasteiger partial charge in [0.05, 0.1) is 6.04 Å². The van der Waals surface area contributed by atoms with Crippen LogP contribution in [0, 0.1) is 6.92 Å². The van der Waals surface area contributed by atoms with Crippen LogP contribution in [0.25, 0.3) is 10.3 Å². The van der Waals surface area contributed by atoms with Crippen LogP contribution in [-0.2, 0) is 4.74 Å². The number of likely N-dealkylation sites (tertiary alicyclic amines) is 1. The van der Waals surface area contributed by atoms with Crippen molar-refractivity contribution in [2.75, 3.05) is 19.8 Å². The molecule has 3 aromatic rings. The van der Waals surface area contributed by atoms with Gasteiger partial charge in [-0.1, -0.05) is 29.5 Å². The zero-order valence-corrected chi connectivity index (χ0v) is 18.1. The molecular weight excluding hydrogens is 416 g/mol. The normalized spacial score (nSPS) is 19.8. The Kier molecular flexibility index (Phi) is 5.45. The van der Waals surface area contributed by atoms with E-state index in [4.69, 9.17) is 9.47 Å². The number of ether oxygens (including phenoxy) is 2. The predicted molar refractivity (Wildman–Crippen MR) is 117 cm³/mol. The number of nitrogens with zero attached hydrogens (tertiary/aromatic N) is 4. The molecule has 2 aromatic heterocycles. The van der Waals surface area contributed by atoms with Crippen LogP contribution in [0.3, 0.4) is 0 Å². The van der Waals surface area contributed by atoms with E-state index in [0.717, 1.165) is 30.7 Å². The van der Waals surface area contributed by atoms with Crippen LogP contribution in [0.1, 0.15) is 48.6 Å². The van der Waals surface area contributed by atoms with Gasteiger partial charge in [0.15, 0.2) is 10.3 Å². The van der Waals surface area contributed by atoms with Crippen molar-refractivity contribution in [2.24, 2.45) is 0 Å². The summed E-state index contributed by atoms with van der Waals surface area (Å²) in [5.74, 6) is 1.21. The summed E-state index contributed by atoms with van der Waals surface area (Å²) in [4.78, 5) is 37.7. The number of aromatic nitrogens is 3. The minimum absolute atomic E-state index is 0.0899. The van der Waals surface area contributed by atoms with Crippen molar-refractivity contribution in [2.45, 2.75) is 44.7 Å². The molecule has 0 N–H and O–H groups in total. The number of aryl methyl sites for hydroxylation is 1. The van der Waals surface area contributed by atoms with Crippen molar-refractivity contribution >= 4 is 27.8 Å². The summed E-state index contributed by atoms with van der Waals surface area (Å²) in [5, 5.41) is 0.742. The van der Waals surface area contributed by atoms with Gasteiger partial charge in [-0.15, -0.1) is 0 Å². The molecule has 5 rings (SSSR count). The molecule has 0 aliphatic carbocycles. The molecule has 0 bridgehead atoms.